The summed E-state index contributed by atoms with van der Waals surface area (Å²) in [5.74, 6) is 1.03. The van der Waals surface area contributed by atoms with E-state index in [1.165, 1.54) is 0 Å². The molecule has 2 saturated heterocycles. The molecule has 4 heteroatoms. The molecule has 2 aliphatic carbocycles. The van der Waals surface area contributed by atoms with Crippen LogP contribution in [0, 0.1) is 22.7 Å². The minimum absolute atomic E-state index is 0.180. The van der Waals surface area contributed by atoms with Gasteiger partial charge in [0.15, 0.2) is 0 Å². The molecule has 2 amide bonds. The highest BCUT2D eigenvalue weighted by molar-refractivity contribution is 6.12. The van der Waals surface area contributed by atoms with Crippen LogP contribution in [0.2, 0.25) is 0 Å². The second kappa shape index (κ2) is 4.56. The lowest BCUT2D eigenvalue weighted by Crippen LogP contribution is -2.42. The molecular weight excluding hydrogens is 324 g/mol. The molecule has 4 nitrogen and oxygen atoms in total. The molecule has 0 radical (unpaired) electrons. The number of benzene rings is 2. The second-order valence-electron chi connectivity index (χ2n) is 8.25. The fourth-order valence-electron chi connectivity index (χ4n) is 5.85. The summed E-state index contributed by atoms with van der Waals surface area (Å²) in [4.78, 5) is 30.7. The number of anilines is 2. The fourth-order valence-corrected chi connectivity index (χ4v) is 5.85. The van der Waals surface area contributed by atoms with Crippen molar-refractivity contribution in [3.05, 3.63) is 60.7 Å². The minimum atomic E-state index is -0.436. The van der Waals surface area contributed by atoms with E-state index in [1.807, 2.05) is 70.5 Å². The Bertz CT molecular complexity index is 850. The van der Waals surface area contributed by atoms with E-state index in [4.69, 9.17) is 0 Å². The van der Waals surface area contributed by atoms with Crippen molar-refractivity contribution in [3.8, 4) is 0 Å². The number of rotatable bonds is 3. The highest BCUT2D eigenvalue weighted by atomic mass is 16.2. The van der Waals surface area contributed by atoms with Gasteiger partial charge in [-0.05, 0) is 48.9 Å². The first-order chi connectivity index (χ1) is 12.7. The van der Waals surface area contributed by atoms with E-state index in [0.29, 0.717) is 11.8 Å². The van der Waals surface area contributed by atoms with Gasteiger partial charge in [-0.1, -0.05) is 36.4 Å². The Balaban J connectivity index is 1.35. The summed E-state index contributed by atoms with van der Waals surface area (Å²) in [5, 5.41) is 0. The molecule has 130 valence electrons. The maximum absolute atomic E-state index is 13.4. The molecule has 2 aliphatic heterocycles. The van der Waals surface area contributed by atoms with Gasteiger partial charge in [0, 0.05) is 24.5 Å². The predicted octanol–water partition coefficient (Wildman–Crippen LogP) is 3.09. The SMILES string of the molecule is O=C1N(c2ccccc2)CC2CC12C12CC1CN(c1ccccc1)C2=O. The van der Waals surface area contributed by atoms with E-state index in [1.54, 1.807) is 0 Å². The number of carbonyl (C=O) groups is 2. The Morgan fingerprint density at radius 3 is 1.42 bits per heavy atom. The van der Waals surface area contributed by atoms with Crippen LogP contribution in [0.5, 0.6) is 0 Å². The third kappa shape index (κ3) is 1.52. The van der Waals surface area contributed by atoms with Gasteiger partial charge in [-0.15, -0.1) is 0 Å². The van der Waals surface area contributed by atoms with Crippen molar-refractivity contribution >= 4 is 23.2 Å². The van der Waals surface area contributed by atoms with Gasteiger partial charge in [0.1, 0.15) is 0 Å². The maximum atomic E-state index is 13.4. The molecule has 0 N–H and O–H groups in total. The maximum Gasteiger partial charge on any atom is 0.234 e. The lowest BCUT2D eigenvalue weighted by molar-refractivity contribution is -0.133. The number of amides is 2. The molecule has 2 heterocycles. The summed E-state index contributed by atoms with van der Waals surface area (Å²) in [7, 11) is 0. The zero-order valence-electron chi connectivity index (χ0n) is 14.5. The zero-order valence-corrected chi connectivity index (χ0v) is 14.5. The van der Waals surface area contributed by atoms with Crippen molar-refractivity contribution in [2.75, 3.05) is 22.9 Å². The first kappa shape index (κ1) is 14.5. The zero-order chi connectivity index (χ0) is 17.5. The standard InChI is InChI=1S/C22H20N2O2/c25-19-21(11-15(21)13-23(19)17-7-3-1-4-8-17)22-12-16(22)14-24(20(22)26)18-9-5-2-6-10-18/h1-10,15-16H,11-14H2. The van der Waals surface area contributed by atoms with E-state index in [0.717, 1.165) is 37.3 Å². The number of hydrogen-bond donors (Lipinski definition) is 0. The molecule has 0 spiro atoms. The van der Waals surface area contributed by atoms with Crippen molar-refractivity contribution < 1.29 is 9.59 Å². The lowest BCUT2D eigenvalue weighted by Gasteiger charge is -2.27. The Morgan fingerprint density at radius 2 is 1.04 bits per heavy atom. The molecule has 26 heavy (non-hydrogen) atoms. The number of piperidine rings is 2. The Morgan fingerprint density at radius 1 is 0.654 bits per heavy atom. The molecule has 6 rings (SSSR count). The Labute approximate surface area is 152 Å². The van der Waals surface area contributed by atoms with Crippen LogP contribution in [0.25, 0.3) is 0 Å². The van der Waals surface area contributed by atoms with Crippen LogP contribution < -0.4 is 9.80 Å². The first-order valence-corrected chi connectivity index (χ1v) is 9.42. The van der Waals surface area contributed by atoms with E-state index in [9.17, 15) is 9.59 Å². The molecule has 4 aliphatic rings. The highest BCUT2D eigenvalue weighted by Gasteiger charge is 2.87. The molecule has 0 bridgehead atoms. The van der Waals surface area contributed by atoms with Gasteiger partial charge in [0.05, 0.1) is 10.8 Å². The molecule has 2 aromatic rings. The van der Waals surface area contributed by atoms with Crippen LogP contribution in [-0.2, 0) is 9.59 Å². The monoisotopic (exact) mass is 344 g/mol. The van der Waals surface area contributed by atoms with E-state index in [2.05, 4.69) is 0 Å². The summed E-state index contributed by atoms with van der Waals surface area (Å²) in [6.07, 6.45) is 1.78. The summed E-state index contributed by atoms with van der Waals surface area (Å²) >= 11 is 0. The average molecular weight is 344 g/mol. The number of hydrogen-bond acceptors (Lipinski definition) is 2. The van der Waals surface area contributed by atoms with Gasteiger partial charge < -0.3 is 9.80 Å². The summed E-state index contributed by atoms with van der Waals surface area (Å²) in [6, 6.07) is 19.8. The molecule has 2 saturated carbocycles. The van der Waals surface area contributed by atoms with Gasteiger partial charge >= 0.3 is 0 Å². The molecule has 4 atom stereocenters. The highest BCUT2D eigenvalue weighted by Crippen LogP contribution is 2.80. The van der Waals surface area contributed by atoms with Crippen LogP contribution in [0.3, 0.4) is 0 Å². The fraction of sp³-hybridized carbons (Fsp3) is 0.364. The summed E-state index contributed by atoms with van der Waals surface area (Å²) in [5.41, 5.74) is 1.05. The number of nitrogens with zero attached hydrogens (tertiary/aromatic N) is 2. The van der Waals surface area contributed by atoms with Crippen LogP contribution in [0.4, 0.5) is 11.4 Å². The molecule has 2 aromatic carbocycles. The van der Waals surface area contributed by atoms with Crippen molar-refractivity contribution in [1.82, 2.24) is 0 Å². The summed E-state index contributed by atoms with van der Waals surface area (Å²) < 4.78 is 0. The van der Waals surface area contributed by atoms with Crippen LogP contribution in [0.15, 0.2) is 60.7 Å². The average Bonchev–Trinajstić information content (AvgIpc) is 3.55. The third-order valence-corrected chi connectivity index (χ3v) is 7.20. The smallest absolute Gasteiger partial charge is 0.234 e. The largest absolute Gasteiger partial charge is 0.312 e. The third-order valence-electron chi connectivity index (χ3n) is 7.20. The molecule has 4 fully saturated rings. The predicted molar refractivity (Wildman–Crippen MR) is 98.7 cm³/mol. The van der Waals surface area contributed by atoms with Gasteiger partial charge in [0.25, 0.3) is 0 Å². The molecule has 4 unspecified atom stereocenters. The van der Waals surface area contributed by atoms with Gasteiger partial charge in [-0.2, -0.15) is 0 Å². The first-order valence-electron chi connectivity index (χ1n) is 9.42. The van der Waals surface area contributed by atoms with Crippen LogP contribution in [-0.4, -0.2) is 24.9 Å². The minimum Gasteiger partial charge on any atom is -0.312 e. The van der Waals surface area contributed by atoms with Crippen molar-refractivity contribution in [1.29, 1.82) is 0 Å². The molecular formula is C22H20N2O2. The Kier molecular flexibility index (Phi) is 2.55. The van der Waals surface area contributed by atoms with E-state index >= 15 is 0 Å². The second-order valence-corrected chi connectivity index (χ2v) is 8.25. The van der Waals surface area contributed by atoms with Gasteiger partial charge in [0.2, 0.25) is 11.8 Å². The van der Waals surface area contributed by atoms with Crippen LogP contribution >= 0.6 is 0 Å². The topological polar surface area (TPSA) is 40.6 Å². The van der Waals surface area contributed by atoms with Crippen molar-refractivity contribution in [3.63, 3.8) is 0 Å². The van der Waals surface area contributed by atoms with Crippen molar-refractivity contribution in [2.24, 2.45) is 22.7 Å². The van der Waals surface area contributed by atoms with E-state index < -0.39 is 10.8 Å². The lowest BCUT2D eigenvalue weighted by atomic mass is 9.82. The summed E-state index contributed by atoms with van der Waals surface area (Å²) in [6.45, 7) is 1.52. The van der Waals surface area contributed by atoms with Gasteiger partial charge in [-0.3, -0.25) is 9.59 Å². The van der Waals surface area contributed by atoms with E-state index in [-0.39, 0.29) is 11.8 Å². The number of carbonyl (C=O) groups excluding carboxylic acids is 2. The normalized spacial score (nSPS) is 36.9. The number of fused-ring (bicyclic) bond motifs is 3. The number of para-hydroxylation sites is 2. The van der Waals surface area contributed by atoms with Crippen molar-refractivity contribution in [2.45, 2.75) is 12.8 Å². The Hall–Kier alpha value is -2.62. The molecule has 0 aromatic heterocycles. The quantitative estimate of drug-likeness (QED) is 0.858. The van der Waals surface area contributed by atoms with Gasteiger partial charge in [-0.25, -0.2) is 0 Å². The van der Waals surface area contributed by atoms with Crippen LogP contribution in [0.1, 0.15) is 12.8 Å².